The van der Waals surface area contributed by atoms with Gasteiger partial charge in [-0.25, -0.2) is 0 Å². The summed E-state index contributed by atoms with van der Waals surface area (Å²) in [6, 6.07) is 5.14. The number of anilines is 1. The van der Waals surface area contributed by atoms with Gasteiger partial charge in [-0.3, -0.25) is 4.79 Å². The minimum atomic E-state index is 0.0642. The van der Waals surface area contributed by atoms with Crippen LogP contribution in [-0.4, -0.2) is 12.9 Å². The first kappa shape index (κ1) is 10.7. The molecule has 0 aromatic heterocycles. The molecule has 2 N–H and O–H groups in total. The van der Waals surface area contributed by atoms with Gasteiger partial charge in [0.15, 0.2) is 5.78 Å². The van der Waals surface area contributed by atoms with Gasteiger partial charge in [0.1, 0.15) is 5.75 Å². The van der Waals surface area contributed by atoms with Gasteiger partial charge in [-0.05, 0) is 37.0 Å². The number of hydrogen-bond acceptors (Lipinski definition) is 3. The maximum absolute atomic E-state index is 12.1. The van der Waals surface area contributed by atoms with Gasteiger partial charge in [0, 0.05) is 11.8 Å². The number of benzene rings is 1. The number of ketones is 1. The van der Waals surface area contributed by atoms with E-state index in [1.165, 1.54) is 0 Å². The van der Waals surface area contributed by atoms with Crippen molar-refractivity contribution in [1.82, 2.24) is 0 Å². The van der Waals surface area contributed by atoms with Crippen molar-refractivity contribution in [3.8, 4) is 5.75 Å². The van der Waals surface area contributed by atoms with Crippen LogP contribution in [0.4, 0.5) is 5.69 Å². The third kappa shape index (κ3) is 1.94. The van der Waals surface area contributed by atoms with Gasteiger partial charge < -0.3 is 10.5 Å². The molecule has 0 amide bonds. The molecular weight excluding hydrogens is 202 g/mol. The van der Waals surface area contributed by atoms with Gasteiger partial charge in [0.05, 0.1) is 12.7 Å². The summed E-state index contributed by atoms with van der Waals surface area (Å²) in [4.78, 5) is 12.1. The van der Waals surface area contributed by atoms with E-state index in [1.807, 2.05) is 6.08 Å². The van der Waals surface area contributed by atoms with Crippen LogP contribution in [0.1, 0.15) is 29.6 Å². The Morgan fingerprint density at radius 2 is 2.25 bits per heavy atom. The summed E-state index contributed by atoms with van der Waals surface area (Å²) in [7, 11) is 1.55. The second-order valence-corrected chi connectivity index (χ2v) is 3.91. The summed E-state index contributed by atoms with van der Waals surface area (Å²) in [5.41, 5.74) is 7.75. The Balaban J connectivity index is 2.35. The number of carbonyl (C=O) groups excluding carboxylic acids is 1. The Labute approximate surface area is 94.9 Å². The van der Waals surface area contributed by atoms with Crippen LogP contribution in [0.3, 0.4) is 0 Å². The highest BCUT2D eigenvalue weighted by Gasteiger charge is 2.18. The van der Waals surface area contributed by atoms with Crippen molar-refractivity contribution in [1.29, 1.82) is 0 Å². The largest absolute Gasteiger partial charge is 0.496 e. The lowest BCUT2D eigenvalue weighted by molar-refractivity contribution is 0.102. The average Bonchev–Trinajstić information content (AvgIpc) is 2.81. The summed E-state index contributed by atoms with van der Waals surface area (Å²) in [6.07, 6.45) is 4.95. The molecule has 0 aliphatic heterocycles. The van der Waals surface area contributed by atoms with Crippen molar-refractivity contribution >= 4 is 11.5 Å². The first-order valence-corrected chi connectivity index (χ1v) is 5.39. The van der Waals surface area contributed by atoms with Crippen LogP contribution in [0.15, 0.2) is 29.8 Å². The Hall–Kier alpha value is -1.77. The fraction of sp³-hybridized carbons (Fsp3) is 0.308. The topological polar surface area (TPSA) is 52.3 Å². The normalized spacial score (nSPS) is 14.7. The van der Waals surface area contributed by atoms with Crippen molar-refractivity contribution in [2.24, 2.45) is 0 Å². The number of hydrogen-bond donors (Lipinski definition) is 1. The van der Waals surface area contributed by atoms with Gasteiger partial charge >= 0.3 is 0 Å². The second kappa shape index (κ2) is 4.39. The van der Waals surface area contributed by atoms with Gasteiger partial charge in [-0.1, -0.05) is 6.08 Å². The standard InChI is InChI=1S/C13H15NO2/c1-16-12-8-10(14)6-7-11(12)13(15)9-4-2-3-5-9/h4,6-8H,2-3,5,14H2,1H3. The minimum absolute atomic E-state index is 0.0642. The fourth-order valence-electron chi connectivity index (χ4n) is 1.95. The van der Waals surface area contributed by atoms with E-state index in [1.54, 1.807) is 25.3 Å². The summed E-state index contributed by atoms with van der Waals surface area (Å²) in [5, 5.41) is 0. The van der Waals surface area contributed by atoms with Crippen molar-refractivity contribution in [3.63, 3.8) is 0 Å². The highest BCUT2D eigenvalue weighted by atomic mass is 16.5. The highest BCUT2D eigenvalue weighted by molar-refractivity contribution is 6.10. The van der Waals surface area contributed by atoms with Crippen molar-refractivity contribution in [2.75, 3.05) is 12.8 Å². The first-order chi connectivity index (χ1) is 7.72. The van der Waals surface area contributed by atoms with Crippen LogP contribution >= 0.6 is 0 Å². The van der Waals surface area contributed by atoms with Crippen molar-refractivity contribution in [3.05, 3.63) is 35.4 Å². The van der Waals surface area contributed by atoms with Gasteiger partial charge in [-0.2, -0.15) is 0 Å². The molecule has 16 heavy (non-hydrogen) atoms. The van der Waals surface area contributed by atoms with Gasteiger partial charge in [0.2, 0.25) is 0 Å². The van der Waals surface area contributed by atoms with E-state index in [-0.39, 0.29) is 5.78 Å². The zero-order valence-electron chi connectivity index (χ0n) is 9.32. The van der Waals surface area contributed by atoms with Gasteiger partial charge in [-0.15, -0.1) is 0 Å². The quantitative estimate of drug-likeness (QED) is 0.625. The summed E-state index contributed by atoms with van der Waals surface area (Å²) in [5.74, 6) is 0.618. The molecule has 0 spiro atoms. The molecule has 0 saturated heterocycles. The summed E-state index contributed by atoms with van der Waals surface area (Å²) < 4.78 is 5.18. The molecule has 0 heterocycles. The van der Waals surface area contributed by atoms with Crippen molar-refractivity contribution < 1.29 is 9.53 Å². The zero-order chi connectivity index (χ0) is 11.5. The van der Waals surface area contributed by atoms with E-state index >= 15 is 0 Å². The Morgan fingerprint density at radius 1 is 1.44 bits per heavy atom. The molecule has 1 aromatic carbocycles. The lowest BCUT2D eigenvalue weighted by Crippen LogP contribution is -2.04. The first-order valence-electron chi connectivity index (χ1n) is 5.39. The Morgan fingerprint density at radius 3 is 2.88 bits per heavy atom. The summed E-state index contributed by atoms with van der Waals surface area (Å²) >= 11 is 0. The number of rotatable bonds is 3. The number of nitrogen functional groups attached to an aromatic ring is 1. The van der Waals surface area contributed by atoms with E-state index in [2.05, 4.69) is 0 Å². The molecule has 0 atom stereocenters. The molecule has 0 bridgehead atoms. The third-order valence-corrected chi connectivity index (χ3v) is 2.80. The van der Waals surface area contributed by atoms with Crippen LogP contribution < -0.4 is 10.5 Å². The average molecular weight is 217 g/mol. The Kier molecular flexibility index (Phi) is 2.95. The van der Waals surface area contributed by atoms with E-state index in [4.69, 9.17) is 10.5 Å². The molecular formula is C13H15NO2. The Bertz CT molecular complexity index is 449. The molecule has 3 heteroatoms. The molecule has 2 rings (SSSR count). The van der Waals surface area contributed by atoms with Crippen LogP contribution in [0, 0.1) is 0 Å². The van der Waals surface area contributed by atoms with E-state index < -0.39 is 0 Å². The lowest BCUT2D eigenvalue weighted by atomic mass is 10.0. The monoisotopic (exact) mass is 217 g/mol. The number of allylic oxidation sites excluding steroid dienone is 2. The molecule has 0 saturated carbocycles. The van der Waals surface area contributed by atoms with Crippen LogP contribution in [0.5, 0.6) is 5.75 Å². The van der Waals surface area contributed by atoms with E-state index in [0.717, 1.165) is 24.8 Å². The second-order valence-electron chi connectivity index (χ2n) is 3.91. The van der Waals surface area contributed by atoms with Crippen molar-refractivity contribution in [2.45, 2.75) is 19.3 Å². The molecule has 1 aliphatic carbocycles. The predicted molar refractivity (Wildman–Crippen MR) is 63.7 cm³/mol. The fourth-order valence-corrected chi connectivity index (χ4v) is 1.95. The predicted octanol–water partition coefficient (Wildman–Crippen LogP) is 2.57. The molecule has 0 radical (unpaired) electrons. The smallest absolute Gasteiger partial charge is 0.192 e. The minimum Gasteiger partial charge on any atom is -0.496 e. The maximum Gasteiger partial charge on any atom is 0.192 e. The highest BCUT2D eigenvalue weighted by Crippen LogP contribution is 2.28. The number of carbonyl (C=O) groups is 1. The molecule has 1 aromatic rings. The zero-order valence-corrected chi connectivity index (χ0v) is 9.32. The van der Waals surface area contributed by atoms with Crippen LogP contribution in [0.25, 0.3) is 0 Å². The summed E-state index contributed by atoms with van der Waals surface area (Å²) in [6.45, 7) is 0. The lowest BCUT2D eigenvalue weighted by Gasteiger charge is -2.08. The van der Waals surface area contributed by atoms with Gasteiger partial charge in [0.25, 0.3) is 0 Å². The van der Waals surface area contributed by atoms with Crippen LogP contribution in [0.2, 0.25) is 0 Å². The number of ether oxygens (including phenoxy) is 1. The SMILES string of the molecule is COc1cc(N)ccc1C(=O)C1=CCCC1. The molecule has 0 fully saturated rings. The van der Waals surface area contributed by atoms with Crippen LogP contribution in [-0.2, 0) is 0 Å². The maximum atomic E-state index is 12.1. The van der Waals surface area contributed by atoms with E-state index in [0.29, 0.717) is 17.0 Å². The number of methoxy groups -OCH3 is 1. The molecule has 84 valence electrons. The molecule has 3 nitrogen and oxygen atoms in total. The number of Topliss-reactive ketones (excluding diaryl/α,β-unsaturated/α-hetero) is 1. The van der Waals surface area contributed by atoms with E-state index in [9.17, 15) is 4.79 Å². The third-order valence-electron chi connectivity index (χ3n) is 2.80. The molecule has 0 unspecified atom stereocenters. The number of nitrogens with two attached hydrogens (primary N) is 1. The molecule has 1 aliphatic rings.